The maximum atomic E-state index is 11.8. The van der Waals surface area contributed by atoms with Crippen LogP contribution in [0.3, 0.4) is 0 Å². The summed E-state index contributed by atoms with van der Waals surface area (Å²) in [6.45, 7) is 4.16. The Balaban J connectivity index is 4.19. The van der Waals surface area contributed by atoms with Crippen molar-refractivity contribution in [3.63, 3.8) is 0 Å². The van der Waals surface area contributed by atoms with Crippen molar-refractivity contribution in [2.24, 2.45) is 17.2 Å². The van der Waals surface area contributed by atoms with Crippen molar-refractivity contribution in [3.05, 3.63) is 12.2 Å². The maximum absolute atomic E-state index is 11.8. The van der Waals surface area contributed by atoms with Crippen LogP contribution in [-0.4, -0.2) is 42.4 Å². The minimum absolute atomic E-state index is 0.210. The van der Waals surface area contributed by atoms with Crippen LogP contribution in [0.5, 0.6) is 0 Å². The number of amides is 3. The van der Waals surface area contributed by atoms with Gasteiger partial charge in [-0.25, -0.2) is 0 Å². The van der Waals surface area contributed by atoms with Crippen molar-refractivity contribution < 1.29 is 14.4 Å². The van der Waals surface area contributed by atoms with E-state index in [1.54, 1.807) is 13.0 Å². The highest BCUT2D eigenvalue weighted by molar-refractivity contribution is 5.87. The summed E-state index contributed by atoms with van der Waals surface area (Å²) in [5.74, 6) is -0.980. The van der Waals surface area contributed by atoms with Crippen LogP contribution in [0.25, 0.3) is 0 Å². The second-order valence-corrected chi connectivity index (χ2v) is 6.20. The second kappa shape index (κ2) is 13.4. The molecule has 0 aromatic rings. The molecular weight excluding hydrogens is 322 g/mol. The number of unbranched alkanes of at least 4 members (excludes halogenated alkanes) is 2. The predicted molar refractivity (Wildman–Crippen MR) is 98.3 cm³/mol. The van der Waals surface area contributed by atoms with Gasteiger partial charge in [-0.2, -0.15) is 0 Å². The van der Waals surface area contributed by atoms with Crippen molar-refractivity contribution >= 4 is 17.7 Å². The molecule has 0 aliphatic carbocycles. The number of nitrogens with one attached hydrogen (secondary N) is 2. The molecule has 0 spiro atoms. The average Bonchev–Trinajstić information content (AvgIpc) is 2.56. The number of hydrogen-bond donors (Lipinski definition) is 5. The molecule has 8 heteroatoms. The molecule has 0 radical (unpaired) electrons. The Morgan fingerprint density at radius 3 is 2.32 bits per heavy atom. The standard InChI is InChI=1S/C17H33N5O3/c1-3-4-7-13(22-17(25)12(2)18)9-10-15(23)21-11-6-5-8-14(19)16(20)24/h9-10,12-14H,3-8,11,18-19H2,1-2H3,(H2,20,24)(H,21,23)(H,22,25)/b10-9+/t12-,13-,14-/m0/s1. The van der Waals surface area contributed by atoms with E-state index in [9.17, 15) is 14.4 Å². The van der Waals surface area contributed by atoms with Crippen LogP contribution in [0.2, 0.25) is 0 Å². The fraction of sp³-hybridized carbons (Fsp3) is 0.706. The first-order chi connectivity index (χ1) is 11.8. The van der Waals surface area contributed by atoms with Crippen LogP contribution in [0.15, 0.2) is 12.2 Å². The lowest BCUT2D eigenvalue weighted by Crippen LogP contribution is -2.43. The van der Waals surface area contributed by atoms with E-state index in [1.807, 2.05) is 0 Å². The van der Waals surface area contributed by atoms with Crippen LogP contribution in [0.1, 0.15) is 52.4 Å². The molecule has 0 rings (SSSR count). The molecule has 0 aliphatic heterocycles. The molecule has 8 N–H and O–H groups in total. The van der Waals surface area contributed by atoms with E-state index in [-0.39, 0.29) is 17.9 Å². The van der Waals surface area contributed by atoms with E-state index < -0.39 is 18.0 Å². The van der Waals surface area contributed by atoms with Crippen LogP contribution >= 0.6 is 0 Å². The summed E-state index contributed by atoms with van der Waals surface area (Å²) < 4.78 is 0. The van der Waals surface area contributed by atoms with Gasteiger partial charge in [-0.1, -0.05) is 25.8 Å². The summed E-state index contributed by atoms with van der Waals surface area (Å²) in [5.41, 5.74) is 16.1. The van der Waals surface area contributed by atoms with Gasteiger partial charge in [0, 0.05) is 18.7 Å². The highest BCUT2D eigenvalue weighted by atomic mass is 16.2. The lowest BCUT2D eigenvalue weighted by atomic mass is 10.1. The van der Waals surface area contributed by atoms with Crippen LogP contribution in [0.4, 0.5) is 0 Å². The van der Waals surface area contributed by atoms with Crippen molar-refractivity contribution in [1.29, 1.82) is 0 Å². The number of carbonyl (C=O) groups is 3. The van der Waals surface area contributed by atoms with Gasteiger partial charge in [0.2, 0.25) is 17.7 Å². The first kappa shape index (κ1) is 23.1. The van der Waals surface area contributed by atoms with E-state index in [1.165, 1.54) is 6.08 Å². The topological polar surface area (TPSA) is 153 Å². The monoisotopic (exact) mass is 355 g/mol. The summed E-state index contributed by atoms with van der Waals surface area (Å²) in [4.78, 5) is 34.3. The first-order valence-corrected chi connectivity index (χ1v) is 8.84. The molecule has 8 nitrogen and oxygen atoms in total. The Hall–Kier alpha value is -1.93. The van der Waals surface area contributed by atoms with E-state index in [0.717, 1.165) is 19.3 Å². The SMILES string of the molecule is CCCC[C@@H](/C=C/C(=O)NCCCC[C@H](N)C(N)=O)NC(=O)[C@H](C)N. The van der Waals surface area contributed by atoms with E-state index in [0.29, 0.717) is 25.8 Å². The summed E-state index contributed by atoms with van der Waals surface area (Å²) in [7, 11) is 0. The third kappa shape index (κ3) is 12.1. The smallest absolute Gasteiger partial charge is 0.243 e. The lowest BCUT2D eigenvalue weighted by Gasteiger charge is -2.16. The van der Waals surface area contributed by atoms with Gasteiger partial charge in [0.15, 0.2) is 0 Å². The molecule has 0 aliphatic rings. The fourth-order valence-electron chi connectivity index (χ4n) is 2.06. The molecule has 0 aromatic heterocycles. The molecule has 0 bridgehead atoms. The van der Waals surface area contributed by atoms with Gasteiger partial charge in [-0.3, -0.25) is 14.4 Å². The third-order valence-electron chi connectivity index (χ3n) is 3.70. The van der Waals surface area contributed by atoms with Gasteiger partial charge in [-0.15, -0.1) is 0 Å². The molecule has 0 fully saturated rings. The first-order valence-electron chi connectivity index (χ1n) is 8.84. The molecule has 3 atom stereocenters. The van der Waals surface area contributed by atoms with Gasteiger partial charge in [0.05, 0.1) is 12.1 Å². The van der Waals surface area contributed by atoms with E-state index in [4.69, 9.17) is 17.2 Å². The molecule has 3 amide bonds. The summed E-state index contributed by atoms with van der Waals surface area (Å²) in [6.07, 6.45) is 7.73. The molecular formula is C17H33N5O3. The normalized spacial score (nSPS) is 14.7. The number of carbonyl (C=O) groups excluding carboxylic acids is 3. The molecule has 0 unspecified atom stereocenters. The lowest BCUT2D eigenvalue weighted by molar-refractivity contribution is -0.122. The van der Waals surface area contributed by atoms with E-state index in [2.05, 4.69) is 17.6 Å². The molecule has 0 saturated carbocycles. The number of primary amides is 1. The van der Waals surface area contributed by atoms with Crippen molar-refractivity contribution in [2.45, 2.75) is 70.5 Å². The third-order valence-corrected chi connectivity index (χ3v) is 3.70. The highest BCUT2D eigenvalue weighted by Gasteiger charge is 2.12. The predicted octanol–water partition coefficient (Wildman–Crippen LogP) is -0.336. The van der Waals surface area contributed by atoms with Crippen LogP contribution < -0.4 is 27.8 Å². The zero-order chi connectivity index (χ0) is 19.2. The Morgan fingerprint density at radius 2 is 1.76 bits per heavy atom. The highest BCUT2D eigenvalue weighted by Crippen LogP contribution is 2.03. The van der Waals surface area contributed by atoms with Gasteiger partial charge < -0.3 is 27.8 Å². The zero-order valence-corrected chi connectivity index (χ0v) is 15.3. The molecule has 144 valence electrons. The minimum atomic E-state index is -0.636. The van der Waals surface area contributed by atoms with Crippen molar-refractivity contribution in [3.8, 4) is 0 Å². The summed E-state index contributed by atoms with van der Waals surface area (Å²) >= 11 is 0. The average molecular weight is 355 g/mol. The number of nitrogens with two attached hydrogens (primary N) is 3. The Kier molecular flexibility index (Phi) is 12.3. The maximum Gasteiger partial charge on any atom is 0.243 e. The van der Waals surface area contributed by atoms with E-state index >= 15 is 0 Å². The zero-order valence-electron chi connectivity index (χ0n) is 15.3. The van der Waals surface area contributed by atoms with Gasteiger partial charge in [0.1, 0.15) is 0 Å². The Bertz CT molecular complexity index is 452. The fourth-order valence-corrected chi connectivity index (χ4v) is 2.06. The quantitative estimate of drug-likeness (QED) is 0.226. The van der Waals surface area contributed by atoms with Crippen LogP contribution in [0, 0.1) is 0 Å². The molecule has 25 heavy (non-hydrogen) atoms. The van der Waals surface area contributed by atoms with Gasteiger partial charge in [-0.05, 0) is 32.6 Å². The number of rotatable bonds is 13. The van der Waals surface area contributed by atoms with Gasteiger partial charge in [0.25, 0.3) is 0 Å². The minimum Gasteiger partial charge on any atom is -0.368 e. The Morgan fingerprint density at radius 1 is 1.08 bits per heavy atom. The van der Waals surface area contributed by atoms with Crippen LogP contribution in [-0.2, 0) is 14.4 Å². The van der Waals surface area contributed by atoms with Gasteiger partial charge >= 0.3 is 0 Å². The molecule has 0 heterocycles. The molecule has 0 aromatic carbocycles. The Labute approximate surface area is 149 Å². The summed E-state index contributed by atoms with van der Waals surface area (Å²) in [6, 6.07) is -1.43. The largest absolute Gasteiger partial charge is 0.368 e. The second-order valence-electron chi connectivity index (χ2n) is 6.20. The van der Waals surface area contributed by atoms with Crippen molar-refractivity contribution in [1.82, 2.24) is 10.6 Å². The number of hydrogen-bond acceptors (Lipinski definition) is 5. The van der Waals surface area contributed by atoms with Crippen molar-refractivity contribution in [2.75, 3.05) is 6.54 Å². The summed E-state index contributed by atoms with van der Waals surface area (Å²) in [5, 5.41) is 5.57. The molecule has 0 saturated heterocycles.